The van der Waals surface area contributed by atoms with Gasteiger partial charge < -0.3 is 9.64 Å². The van der Waals surface area contributed by atoms with Crippen LogP contribution in [-0.2, 0) is 6.54 Å². The molecule has 7 nitrogen and oxygen atoms in total. The Kier molecular flexibility index (Phi) is 6.47. The lowest BCUT2D eigenvalue weighted by molar-refractivity contribution is -0.918. The van der Waals surface area contributed by atoms with Gasteiger partial charge >= 0.3 is 0 Å². The van der Waals surface area contributed by atoms with Crippen molar-refractivity contribution in [1.29, 1.82) is 0 Å². The van der Waals surface area contributed by atoms with Crippen LogP contribution in [0.1, 0.15) is 37.3 Å². The van der Waals surface area contributed by atoms with Crippen LogP contribution in [0.15, 0.2) is 34.3 Å². The zero-order chi connectivity index (χ0) is 19.2. The maximum Gasteiger partial charge on any atom is 0.285 e. The molecule has 0 radical (unpaired) electrons. The fourth-order valence-corrected chi connectivity index (χ4v) is 3.44. The first-order chi connectivity index (χ1) is 13.1. The highest BCUT2D eigenvalue weighted by atomic mass is 35.5. The van der Waals surface area contributed by atoms with Crippen molar-refractivity contribution in [2.24, 2.45) is 5.10 Å². The second kappa shape index (κ2) is 9.01. The monoisotopic (exact) mass is 390 g/mol. The van der Waals surface area contributed by atoms with Crippen molar-refractivity contribution >= 4 is 23.0 Å². The van der Waals surface area contributed by atoms with Gasteiger partial charge in [-0.25, -0.2) is 5.10 Å². The van der Waals surface area contributed by atoms with Crippen molar-refractivity contribution in [3.05, 3.63) is 50.9 Å². The number of hydrogen-bond donors (Lipinski definition) is 3. The van der Waals surface area contributed by atoms with E-state index < -0.39 is 5.56 Å². The molecule has 3 rings (SSSR count). The number of halogens is 1. The van der Waals surface area contributed by atoms with Gasteiger partial charge in [-0.3, -0.25) is 10.2 Å². The third-order valence-electron chi connectivity index (χ3n) is 4.84. The Labute approximate surface area is 163 Å². The van der Waals surface area contributed by atoms with Gasteiger partial charge in [-0.2, -0.15) is 10.2 Å². The number of methoxy groups -OCH3 is 1. The van der Waals surface area contributed by atoms with Crippen molar-refractivity contribution in [2.75, 3.05) is 25.6 Å². The van der Waals surface area contributed by atoms with E-state index in [4.69, 9.17) is 16.3 Å². The van der Waals surface area contributed by atoms with Crippen LogP contribution < -0.4 is 20.6 Å². The molecule has 3 N–H and O–H groups in total. The predicted molar refractivity (Wildman–Crippen MR) is 107 cm³/mol. The molecule has 0 saturated carbocycles. The van der Waals surface area contributed by atoms with Gasteiger partial charge in [0.15, 0.2) is 0 Å². The quantitative estimate of drug-likeness (QED) is 0.519. The minimum Gasteiger partial charge on any atom is -0.496 e. The molecule has 0 spiro atoms. The Morgan fingerprint density at radius 2 is 2.15 bits per heavy atom. The zero-order valence-corrected chi connectivity index (χ0v) is 16.4. The van der Waals surface area contributed by atoms with E-state index in [1.165, 1.54) is 44.1 Å². The van der Waals surface area contributed by atoms with Crippen molar-refractivity contribution in [3.63, 3.8) is 0 Å². The normalized spacial score (nSPS) is 15.6. The zero-order valence-electron chi connectivity index (χ0n) is 15.6. The van der Waals surface area contributed by atoms with Crippen LogP contribution in [0, 0.1) is 0 Å². The van der Waals surface area contributed by atoms with Crippen LogP contribution in [0.5, 0.6) is 5.75 Å². The summed E-state index contributed by atoms with van der Waals surface area (Å²) in [4.78, 5) is 13.1. The molecule has 1 aliphatic heterocycles. The molecule has 8 heteroatoms. The maximum atomic E-state index is 11.5. The average molecular weight is 391 g/mol. The summed E-state index contributed by atoms with van der Waals surface area (Å²) in [6.07, 6.45) is 5.33. The van der Waals surface area contributed by atoms with Gasteiger partial charge in [-0.1, -0.05) is 11.6 Å². The van der Waals surface area contributed by atoms with E-state index in [-0.39, 0.29) is 5.02 Å². The number of ether oxygens (including phenoxy) is 1. The predicted octanol–water partition coefficient (Wildman–Crippen LogP) is 1.84. The summed E-state index contributed by atoms with van der Waals surface area (Å²) in [5.74, 6) is 0.902. The number of nitrogens with one attached hydrogen (secondary N) is 3. The number of hydrogen-bond acceptors (Lipinski definition) is 5. The molecular weight excluding hydrogens is 366 g/mol. The standard InChI is InChI=1S/C19H24ClN5O2/c1-13(22-23-16-11-21-24-19(26)18(16)20)14-6-7-17(27-2)15(10-14)12-25-8-4-3-5-9-25/h6-7,10-11H,3-5,8-9,12H2,1-2H3,(H2,23,24,26)/p+1/b22-13-. The number of nitrogens with zero attached hydrogens (tertiary/aromatic N) is 2. The third kappa shape index (κ3) is 4.87. The fourth-order valence-electron chi connectivity index (χ4n) is 3.31. The molecule has 1 saturated heterocycles. The van der Waals surface area contributed by atoms with E-state index in [0.29, 0.717) is 5.69 Å². The number of piperidine rings is 1. The second-order valence-corrected chi connectivity index (χ2v) is 7.13. The van der Waals surface area contributed by atoms with Crippen LogP contribution in [0.25, 0.3) is 0 Å². The smallest absolute Gasteiger partial charge is 0.285 e. The maximum absolute atomic E-state index is 11.5. The van der Waals surface area contributed by atoms with Gasteiger partial charge in [-0.05, 0) is 49.9 Å². The molecule has 0 amide bonds. The fraction of sp³-hybridized carbons (Fsp3) is 0.421. The lowest BCUT2D eigenvalue weighted by atomic mass is 10.0. The first-order valence-corrected chi connectivity index (χ1v) is 9.50. The van der Waals surface area contributed by atoms with E-state index in [0.717, 1.165) is 23.6 Å². The van der Waals surface area contributed by atoms with Crippen LogP contribution in [0.3, 0.4) is 0 Å². The van der Waals surface area contributed by atoms with E-state index >= 15 is 0 Å². The molecule has 1 aromatic carbocycles. The Morgan fingerprint density at radius 3 is 2.89 bits per heavy atom. The number of aromatic nitrogens is 2. The molecule has 0 unspecified atom stereocenters. The molecular formula is C19H25ClN5O2+. The lowest BCUT2D eigenvalue weighted by Crippen LogP contribution is -3.11. The topological polar surface area (TPSA) is 83.8 Å². The Balaban J connectivity index is 1.79. The van der Waals surface area contributed by atoms with E-state index in [9.17, 15) is 4.79 Å². The molecule has 1 aromatic heterocycles. The van der Waals surface area contributed by atoms with Crippen LogP contribution in [-0.4, -0.2) is 36.1 Å². The Morgan fingerprint density at radius 1 is 1.37 bits per heavy atom. The molecule has 27 heavy (non-hydrogen) atoms. The van der Waals surface area contributed by atoms with Gasteiger partial charge in [-0.15, -0.1) is 0 Å². The lowest BCUT2D eigenvalue weighted by Gasteiger charge is -2.24. The minimum atomic E-state index is -0.453. The van der Waals surface area contributed by atoms with Gasteiger partial charge in [0.05, 0.1) is 32.1 Å². The molecule has 1 aliphatic rings. The molecule has 0 aliphatic carbocycles. The SMILES string of the molecule is COc1ccc(/C(C)=N\Nc2cn[nH]c(=O)c2Cl)cc1C[NH+]1CCCCC1. The molecule has 0 bridgehead atoms. The number of hydrazone groups is 1. The number of aromatic amines is 1. The summed E-state index contributed by atoms with van der Waals surface area (Å²) >= 11 is 5.96. The minimum absolute atomic E-state index is 0.0330. The van der Waals surface area contributed by atoms with Crippen molar-refractivity contribution < 1.29 is 9.64 Å². The summed E-state index contributed by atoms with van der Waals surface area (Å²) in [6.45, 7) is 5.26. The molecule has 144 valence electrons. The van der Waals surface area contributed by atoms with Gasteiger partial charge in [0.1, 0.15) is 23.0 Å². The Bertz CT molecular complexity index is 875. The first kappa shape index (κ1) is 19.4. The number of H-pyrrole nitrogens is 1. The number of likely N-dealkylation sites (tertiary alicyclic amines) is 1. The highest BCUT2D eigenvalue weighted by molar-refractivity contribution is 6.32. The van der Waals surface area contributed by atoms with Crippen molar-refractivity contribution in [1.82, 2.24) is 10.2 Å². The average Bonchev–Trinajstić information content (AvgIpc) is 2.69. The summed E-state index contributed by atoms with van der Waals surface area (Å²) in [5, 5.41) is 10.4. The first-order valence-electron chi connectivity index (χ1n) is 9.13. The van der Waals surface area contributed by atoms with Crippen molar-refractivity contribution in [3.8, 4) is 5.75 Å². The van der Waals surface area contributed by atoms with E-state index in [2.05, 4.69) is 26.8 Å². The van der Waals surface area contributed by atoms with Gasteiger partial charge in [0.25, 0.3) is 5.56 Å². The van der Waals surface area contributed by atoms with Gasteiger partial charge in [0, 0.05) is 5.56 Å². The summed E-state index contributed by atoms with van der Waals surface area (Å²) in [5.41, 5.74) is 5.68. The molecule has 2 aromatic rings. The highest BCUT2D eigenvalue weighted by Crippen LogP contribution is 2.20. The summed E-state index contributed by atoms with van der Waals surface area (Å²) < 4.78 is 5.55. The summed E-state index contributed by atoms with van der Waals surface area (Å²) in [7, 11) is 1.70. The molecule has 1 fully saturated rings. The van der Waals surface area contributed by atoms with Crippen molar-refractivity contribution in [2.45, 2.75) is 32.7 Å². The van der Waals surface area contributed by atoms with E-state index in [1.54, 1.807) is 12.0 Å². The van der Waals surface area contributed by atoms with Gasteiger partial charge in [0.2, 0.25) is 0 Å². The third-order valence-corrected chi connectivity index (χ3v) is 5.21. The highest BCUT2D eigenvalue weighted by Gasteiger charge is 2.17. The molecule has 2 heterocycles. The molecule has 0 atom stereocenters. The van der Waals surface area contributed by atoms with E-state index in [1.807, 2.05) is 19.1 Å². The summed E-state index contributed by atoms with van der Waals surface area (Å²) in [6, 6.07) is 6.08. The van der Waals surface area contributed by atoms with Crippen LogP contribution >= 0.6 is 11.6 Å². The number of rotatable bonds is 6. The largest absolute Gasteiger partial charge is 0.496 e. The number of quaternary nitrogens is 1. The Hall–Kier alpha value is -2.38. The second-order valence-electron chi connectivity index (χ2n) is 6.75. The number of benzene rings is 1. The number of anilines is 1. The van der Waals surface area contributed by atoms with Crippen LogP contribution in [0.2, 0.25) is 5.02 Å². The van der Waals surface area contributed by atoms with Crippen LogP contribution in [0.4, 0.5) is 5.69 Å².